The first-order valence-corrected chi connectivity index (χ1v) is 4.71. The zero-order valence-corrected chi connectivity index (χ0v) is 18.4. The van der Waals surface area contributed by atoms with Crippen LogP contribution in [0.25, 0.3) is 0 Å². The second kappa shape index (κ2) is 19.2. The van der Waals surface area contributed by atoms with E-state index >= 15 is 0 Å². The molecule has 0 aromatic carbocycles. The zero-order valence-electron chi connectivity index (χ0n) is 15.9. The van der Waals surface area contributed by atoms with Crippen LogP contribution in [-0.2, 0) is 29.2 Å². The van der Waals surface area contributed by atoms with Crippen LogP contribution in [0.1, 0.15) is 26.3 Å². The van der Waals surface area contributed by atoms with E-state index in [-0.39, 0.29) is 177 Å². The Bertz CT molecular complexity index is 362. The van der Waals surface area contributed by atoms with Crippen LogP contribution in [0.5, 0.6) is 0 Å². The summed E-state index contributed by atoms with van der Waals surface area (Å²) in [5.41, 5.74) is 0. The van der Waals surface area contributed by atoms with Crippen LogP contribution in [0.2, 0.25) is 0 Å². The monoisotopic (exact) mass is 422 g/mol. The summed E-state index contributed by atoms with van der Waals surface area (Å²) in [5, 5.41) is 0. The molecule has 0 spiro atoms. The summed E-state index contributed by atoms with van der Waals surface area (Å²) < 4.78 is 60.1. The minimum absolute atomic E-state index is 0. The summed E-state index contributed by atoms with van der Waals surface area (Å²) in [6.45, 7) is 0. The van der Waals surface area contributed by atoms with E-state index in [2.05, 4.69) is 8.37 Å². The van der Waals surface area contributed by atoms with Crippen molar-refractivity contribution in [3.63, 3.8) is 0 Å². The van der Waals surface area contributed by atoms with E-state index in [4.69, 9.17) is 9.11 Å². The number of hydrogen-bond donors (Lipinski definition) is 2. The van der Waals surface area contributed by atoms with Crippen LogP contribution in [0.4, 0.5) is 4.79 Å². The van der Waals surface area contributed by atoms with E-state index < -0.39 is 27.0 Å². The Labute approximate surface area is 238 Å². The molecule has 0 radical (unpaired) electrons. The zero-order chi connectivity index (χ0) is 9.99. The van der Waals surface area contributed by atoms with Gasteiger partial charge in [-0.2, -0.15) is 16.8 Å². The SMILES string of the molecule is C.C.O=C(OS(=O)(=O)O)OS(=O)(=O)O.[Ca+2].[Ca+2].[Ca+2].[Ca+2].[H-].[H-].[H-].[H-].[H-].[H-].[H-].[H-]. The standard InChI is InChI=1S/CH2O9S2.2CH4.4Ca.8H/c2-1(9-11(3,4)5)10-12(6,7)8;;;;;;;;;;;;;;/h(H,3,4,5)(H,6,7,8);2*1H4;;;;;;;;;;;;/q;;;4*+2;8*-1. The Morgan fingerprint density at radius 2 is 0.944 bits per heavy atom. The molecule has 0 aromatic rings. The summed E-state index contributed by atoms with van der Waals surface area (Å²) in [5.74, 6) is 0. The molecular formula is C3H18Ca4O9S2. The van der Waals surface area contributed by atoms with Gasteiger partial charge in [-0.25, -0.2) is 4.79 Å². The van der Waals surface area contributed by atoms with Crippen LogP contribution in [0, 0.1) is 0 Å². The van der Waals surface area contributed by atoms with E-state index in [9.17, 15) is 21.6 Å². The molecule has 0 aliphatic rings. The second-order valence-electron chi connectivity index (χ2n) is 1.27. The second-order valence-corrected chi connectivity index (χ2v) is 3.32. The van der Waals surface area contributed by atoms with Crippen molar-refractivity contribution >= 4 is 178 Å². The smallest absolute Gasteiger partial charge is 1.00 e. The average molecular weight is 423 g/mol. The number of carbonyl (C=O) groups is 1. The Hall–Kier alpha value is 4.13. The van der Waals surface area contributed by atoms with Gasteiger partial charge in [0.1, 0.15) is 0 Å². The van der Waals surface area contributed by atoms with Gasteiger partial charge in [0.25, 0.3) is 0 Å². The molecule has 9 nitrogen and oxygen atoms in total. The van der Waals surface area contributed by atoms with Crippen LogP contribution < -0.4 is 0 Å². The molecule has 0 heterocycles. The van der Waals surface area contributed by atoms with Crippen molar-refractivity contribution in [1.82, 2.24) is 0 Å². The molecule has 0 fully saturated rings. The van der Waals surface area contributed by atoms with Crippen LogP contribution in [0.15, 0.2) is 0 Å². The fourth-order valence-electron chi connectivity index (χ4n) is 0.186. The van der Waals surface area contributed by atoms with Crippen molar-refractivity contribution in [1.29, 1.82) is 0 Å². The Kier molecular flexibility index (Phi) is 46.0. The van der Waals surface area contributed by atoms with Gasteiger partial charge in [-0.1, -0.05) is 14.9 Å². The maximum Gasteiger partial charge on any atom is 2.00 e. The molecule has 0 bridgehead atoms. The van der Waals surface area contributed by atoms with Crippen molar-refractivity contribution < 1.29 is 50.5 Å². The summed E-state index contributed by atoms with van der Waals surface area (Å²) in [6.07, 6.45) is -2.29. The minimum Gasteiger partial charge on any atom is -1.00 e. The predicted molar refractivity (Wildman–Crippen MR) is 76.0 cm³/mol. The summed E-state index contributed by atoms with van der Waals surface area (Å²) in [4.78, 5) is 9.95. The van der Waals surface area contributed by atoms with Gasteiger partial charge in [-0.15, -0.1) is 0 Å². The average Bonchev–Trinajstić information content (AvgIpc) is 1.49. The number of rotatable bonds is 2. The molecule has 0 saturated carbocycles. The Balaban J connectivity index is -0.00000000665. The maximum atomic E-state index is 9.95. The Morgan fingerprint density at radius 1 is 0.778 bits per heavy atom. The molecule has 0 unspecified atom stereocenters. The first-order valence-electron chi connectivity index (χ1n) is 1.98. The van der Waals surface area contributed by atoms with Gasteiger partial charge in [0.15, 0.2) is 0 Å². The van der Waals surface area contributed by atoms with Crippen molar-refractivity contribution in [2.24, 2.45) is 0 Å². The number of hydrogen-bond acceptors (Lipinski definition) is 7. The third-order valence-corrected chi connectivity index (χ3v) is 1.04. The normalized spacial score (nSPS) is 8.11. The van der Waals surface area contributed by atoms with Gasteiger partial charge in [0.05, 0.1) is 0 Å². The van der Waals surface area contributed by atoms with E-state index in [0.29, 0.717) is 0 Å². The van der Waals surface area contributed by atoms with Crippen LogP contribution >= 0.6 is 0 Å². The molecule has 104 valence electrons. The Morgan fingerprint density at radius 3 is 1.06 bits per heavy atom. The van der Waals surface area contributed by atoms with Gasteiger partial charge in [0.2, 0.25) is 0 Å². The molecule has 0 atom stereocenters. The molecule has 0 rings (SSSR count). The van der Waals surface area contributed by atoms with Crippen molar-refractivity contribution in [3.05, 3.63) is 0 Å². The molecule has 0 aromatic heterocycles. The quantitative estimate of drug-likeness (QED) is 0.440. The first kappa shape index (κ1) is 43.2. The van der Waals surface area contributed by atoms with Crippen molar-refractivity contribution in [2.75, 3.05) is 0 Å². The van der Waals surface area contributed by atoms with Crippen molar-refractivity contribution in [2.45, 2.75) is 14.9 Å². The maximum absolute atomic E-state index is 9.95. The predicted octanol–water partition coefficient (Wildman–Crippen LogP) is -0.606. The summed E-state index contributed by atoms with van der Waals surface area (Å²) in [7, 11) is -10.3. The van der Waals surface area contributed by atoms with Gasteiger partial charge in [-0.3, -0.25) is 17.5 Å². The van der Waals surface area contributed by atoms with Crippen LogP contribution in [0.3, 0.4) is 0 Å². The molecule has 0 amide bonds. The van der Waals surface area contributed by atoms with Gasteiger partial charge in [-0.05, 0) is 0 Å². The fourth-order valence-corrected chi connectivity index (χ4v) is 0.641. The molecule has 18 heavy (non-hydrogen) atoms. The van der Waals surface area contributed by atoms with Gasteiger partial charge >= 0.3 is 178 Å². The topological polar surface area (TPSA) is 144 Å². The van der Waals surface area contributed by atoms with E-state index in [1.165, 1.54) is 0 Å². The van der Waals surface area contributed by atoms with E-state index in [0.717, 1.165) is 0 Å². The summed E-state index contributed by atoms with van der Waals surface area (Å²) >= 11 is 0. The van der Waals surface area contributed by atoms with Crippen molar-refractivity contribution in [3.8, 4) is 0 Å². The number of carbonyl (C=O) groups excluding carboxylic acids is 1. The largest absolute Gasteiger partial charge is 2.00 e. The third-order valence-electron chi connectivity index (χ3n) is 0.347. The van der Waals surface area contributed by atoms with E-state index in [1.54, 1.807) is 0 Å². The van der Waals surface area contributed by atoms with Crippen LogP contribution in [-0.4, -0.2) is 183 Å². The van der Waals surface area contributed by atoms with Gasteiger partial charge in [0, 0.05) is 0 Å². The van der Waals surface area contributed by atoms with E-state index in [1.807, 2.05) is 0 Å². The molecule has 0 saturated heterocycles. The minimum atomic E-state index is -5.15. The molecule has 2 N–H and O–H groups in total. The van der Waals surface area contributed by atoms with Gasteiger partial charge < -0.3 is 11.4 Å². The molecule has 0 aliphatic heterocycles. The third kappa shape index (κ3) is 36.9. The first-order chi connectivity index (χ1) is 5.10. The summed E-state index contributed by atoms with van der Waals surface area (Å²) in [6, 6.07) is 0. The molecule has 0 aliphatic carbocycles. The molecule has 15 heteroatoms. The molecular weight excluding hydrogens is 404 g/mol. The fraction of sp³-hybridized carbons (Fsp3) is 0.667.